The van der Waals surface area contributed by atoms with Gasteiger partial charge < -0.3 is 15.4 Å². The van der Waals surface area contributed by atoms with E-state index < -0.39 is 27.7 Å². The normalized spacial score (nSPS) is 16.6. The summed E-state index contributed by atoms with van der Waals surface area (Å²) in [6, 6.07) is 10.5. The van der Waals surface area contributed by atoms with Crippen LogP contribution >= 0.6 is 0 Å². The highest BCUT2D eigenvalue weighted by Crippen LogP contribution is 2.28. The van der Waals surface area contributed by atoms with Gasteiger partial charge in [-0.25, -0.2) is 12.8 Å². The smallest absolute Gasteiger partial charge is 0.309 e. The van der Waals surface area contributed by atoms with Gasteiger partial charge in [0.25, 0.3) is 0 Å². The van der Waals surface area contributed by atoms with Crippen LogP contribution < -0.4 is 15.4 Å². The molecule has 1 saturated heterocycles. The summed E-state index contributed by atoms with van der Waals surface area (Å²) in [4.78, 5) is 24.5. The molecule has 0 unspecified atom stereocenters. The highest BCUT2D eigenvalue weighted by molar-refractivity contribution is 7.89. The Labute approximate surface area is 199 Å². The number of hydrogen-bond acceptors (Lipinski definition) is 5. The molecule has 1 heterocycles. The molecule has 1 aliphatic heterocycles. The lowest BCUT2D eigenvalue weighted by Crippen LogP contribution is -2.46. The van der Waals surface area contributed by atoms with Gasteiger partial charge in [-0.05, 0) is 56.0 Å². The van der Waals surface area contributed by atoms with Gasteiger partial charge >= 0.3 is 11.8 Å². The summed E-state index contributed by atoms with van der Waals surface area (Å²) in [5.41, 5.74) is 1.09. The Morgan fingerprint density at radius 3 is 2.59 bits per heavy atom. The number of piperidine rings is 1. The number of nitrogens with one attached hydrogen (secondary N) is 2. The predicted octanol–water partition coefficient (Wildman–Crippen LogP) is 2.51. The first-order valence-electron chi connectivity index (χ1n) is 11.2. The van der Waals surface area contributed by atoms with Gasteiger partial charge in [-0.1, -0.05) is 24.6 Å². The number of hydrogen-bond donors (Lipinski definition) is 2. The first-order chi connectivity index (χ1) is 16.2. The third-order valence-corrected chi connectivity index (χ3v) is 8.01. The number of para-hydroxylation sites is 1. The van der Waals surface area contributed by atoms with Gasteiger partial charge in [0, 0.05) is 31.2 Å². The number of carbonyl (C=O) groups is 2. The highest BCUT2D eigenvalue weighted by Gasteiger charge is 2.34. The standard InChI is InChI=1S/C24H30FN3O5S/c1-17-15-19(25)10-11-22(17)34(31,32)28-14-6-5-8-20(28)12-13-26-23(29)24(30)27-16-18-7-3-4-9-21(18)33-2/h3-4,7,9-11,15,20H,5-6,8,12-14,16H2,1-2H3,(H,26,29)(H,27,30)/t20-/m0/s1. The SMILES string of the molecule is COc1ccccc1CNC(=O)C(=O)NCC[C@@H]1CCCCN1S(=O)(=O)c1ccc(F)cc1C. The van der Waals surface area contributed by atoms with Crippen LogP contribution in [0.2, 0.25) is 0 Å². The number of aryl methyl sites for hydroxylation is 1. The van der Waals surface area contributed by atoms with Crippen molar-refractivity contribution < 1.29 is 27.1 Å². The summed E-state index contributed by atoms with van der Waals surface area (Å²) in [6.45, 7) is 2.22. The van der Waals surface area contributed by atoms with Crippen molar-refractivity contribution in [3.8, 4) is 5.75 Å². The van der Waals surface area contributed by atoms with Crippen molar-refractivity contribution in [2.75, 3.05) is 20.2 Å². The van der Waals surface area contributed by atoms with E-state index in [4.69, 9.17) is 4.74 Å². The van der Waals surface area contributed by atoms with Crippen molar-refractivity contribution >= 4 is 21.8 Å². The number of sulfonamides is 1. The molecule has 2 amide bonds. The second-order valence-electron chi connectivity index (χ2n) is 8.21. The number of amides is 2. The van der Waals surface area contributed by atoms with E-state index in [2.05, 4.69) is 10.6 Å². The molecule has 1 aliphatic rings. The quantitative estimate of drug-likeness (QED) is 0.552. The van der Waals surface area contributed by atoms with Crippen molar-refractivity contribution in [1.82, 2.24) is 14.9 Å². The van der Waals surface area contributed by atoms with E-state index in [1.54, 1.807) is 19.1 Å². The molecule has 2 aromatic carbocycles. The maximum Gasteiger partial charge on any atom is 0.309 e. The summed E-state index contributed by atoms with van der Waals surface area (Å²) < 4.78 is 46.6. The summed E-state index contributed by atoms with van der Waals surface area (Å²) in [5.74, 6) is -1.44. The van der Waals surface area contributed by atoms with Gasteiger partial charge in [-0.15, -0.1) is 0 Å². The van der Waals surface area contributed by atoms with E-state index in [1.807, 2.05) is 12.1 Å². The fourth-order valence-electron chi connectivity index (χ4n) is 4.14. The largest absolute Gasteiger partial charge is 0.496 e. The van der Waals surface area contributed by atoms with Crippen LogP contribution in [0.4, 0.5) is 4.39 Å². The van der Waals surface area contributed by atoms with Gasteiger partial charge in [0.1, 0.15) is 11.6 Å². The van der Waals surface area contributed by atoms with Gasteiger partial charge in [-0.3, -0.25) is 9.59 Å². The third-order valence-electron chi connectivity index (χ3n) is 5.90. The molecule has 3 rings (SSSR count). The lowest BCUT2D eigenvalue weighted by Gasteiger charge is -2.35. The summed E-state index contributed by atoms with van der Waals surface area (Å²) in [5, 5.41) is 5.13. The zero-order valence-corrected chi connectivity index (χ0v) is 20.2. The van der Waals surface area contributed by atoms with Gasteiger partial charge in [0.15, 0.2) is 0 Å². The van der Waals surface area contributed by atoms with Gasteiger partial charge in [0.05, 0.1) is 12.0 Å². The fourth-order valence-corrected chi connectivity index (χ4v) is 6.08. The lowest BCUT2D eigenvalue weighted by molar-refractivity contribution is -0.139. The van der Waals surface area contributed by atoms with E-state index in [9.17, 15) is 22.4 Å². The van der Waals surface area contributed by atoms with Crippen LogP contribution in [-0.4, -0.2) is 50.8 Å². The summed E-state index contributed by atoms with van der Waals surface area (Å²) >= 11 is 0. The molecule has 2 N–H and O–H groups in total. The first-order valence-corrected chi connectivity index (χ1v) is 12.6. The number of rotatable bonds is 8. The molecular weight excluding hydrogens is 461 g/mol. The Balaban J connectivity index is 1.56. The number of carbonyl (C=O) groups excluding carboxylic acids is 2. The van der Waals surface area contributed by atoms with Crippen LogP contribution in [0.15, 0.2) is 47.4 Å². The second kappa shape index (κ2) is 11.4. The summed E-state index contributed by atoms with van der Waals surface area (Å²) in [7, 11) is -2.28. The molecule has 0 saturated carbocycles. The van der Waals surface area contributed by atoms with Crippen LogP contribution in [0.5, 0.6) is 5.75 Å². The minimum absolute atomic E-state index is 0.0838. The van der Waals surface area contributed by atoms with Crippen molar-refractivity contribution in [3.63, 3.8) is 0 Å². The fraction of sp³-hybridized carbons (Fsp3) is 0.417. The average molecular weight is 492 g/mol. The van der Waals surface area contributed by atoms with Gasteiger partial charge in [-0.2, -0.15) is 4.31 Å². The monoisotopic (exact) mass is 491 g/mol. The predicted molar refractivity (Wildman–Crippen MR) is 125 cm³/mol. The Hall–Kier alpha value is -2.98. The Morgan fingerprint density at radius 1 is 1.12 bits per heavy atom. The number of ether oxygens (including phenoxy) is 1. The highest BCUT2D eigenvalue weighted by atomic mass is 32.2. The van der Waals surface area contributed by atoms with E-state index >= 15 is 0 Å². The molecule has 0 aliphatic carbocycles. The van der Waals surface area contributed by atoms with Crippen LogP contribution in [0.3, 0.4) is 0 Å². The zero-order chi connectivity index (χ0) is 24.7. The number of methoxy groups -OCH3 is 1. The van der Waals surface area contributed by atoms with Crippen LogP contribution in [-0.2, 0) is 26.2 Å². The maximum atomic E-state index is 13.5. The van der Waals surface area contributed by atoms with Crippen molar-refractivity contribution in [3.05, 3.63) is 59.4 Å². The van der Waals surface area contributed by atoms with E-state index in [0.717, 1.165) is 24.5 Å². The number of halogens is 1. The molecule has 0 aromatic heterocycles. The minimum Gasteiger partial charge on any atom is -0.496 e. The molecule has 34 heavy (non-hydrogen) atoms. The summed E-state index contributed by atoms with van der Waals surface area (Å²) in [6.07, 6.45) is 2.61. The molecule has 1 fully saturated rings. The van der Waals surface area contributed by atoms with Gasteiger partial charge in [0.2, 0.25) is 10.0 Å². The molecule has 8 nitrogen and oxygen atoms in total. The van der Waals surface area contributed by atoms with Crippen molar-refractivity contribution in [2.24, 2.45) is 0 Å². The van der Waals surface area contributed by atoms with E-state index in [-0.39, 0.29) is 24.0 Å². The molecule has 0 spiro atoms. The Morgan fingerprint density at radius 2 is 1.85 bits per heavy atom. The molecule has 0 radical (unpaired) electrons. The third kappa shape index (κ3) is 6.12. The lowest BCUT2D eigenvalue weighted by atomic mass is 10.0. The van der Waals surface area contributed by atoms with Crippen LogP contribution in [0, 0.1) is 12.7 Å². The molecule has 0 bridgehead atoms. The first kappa shape index (κ1) is 25.6. The molecule has 184 valence electrons. The van der Waals surface area contributed by atoms with Crippen LogP contribution in [0.1, 0.15) is 36.8 Å². The van der Waals surface area contributed by atoms with Crippen molar-refractivity contribution in [2.45, 2.75) is 50.1 Å². The van der Waals surface area contributed by atoms with Crippen molar-refractivity contribution in [1.29, 1.82) is 0 Å². The number of nitrogens with zero attached hydrogens (tertiary/aromatic N) is 1. The topological polar surface area (TPSA) is 105 Å². The second-order valence-corrected chi connectivity index (χ2v) is 10.1. The Kier molecular flexibility index (Phi) is 8.62. The molecular formula is C24H30FN3O5S. The number of benzene rings is 2. The van der Waals surface area contributed by atoms with E-state index in [0.29, 0.717) is 30.7 Å². The zero-order valence-electron chi connectivity index (χ0n) is 19.3. The molecule has 10 heteroatoms. The molecule has 1 atom stereocenters. The maximum absolute atomic E-state index is 13.5. The Bertz CT molecular complexity index is 1140. The van der Waals surface area contributed by atoms with Crippen LogP contribution in [0.25, 0.3) is 0 Å². The average Bonchev–Trinajstić information content (AvgIpc) is 2.82. The van der Waals surface area contributed by atoms with E-state index in [1.165, 1.54) is 23.5 Å². The minimum atomic E-state index is -3.81. The molecule has 2 aromatic rings.